The summed E-state index contributed by atoms with van der Waals surface area (Å²) in [5.74, 6) is -9.68. The fourth-order valence-corrected chi connectivity index (χ4v) is 5.97. The fraction of sp³-hybridized carbons (Fsp3) is 0.941. The van der Waals surface area contributed by atoms with Crippen LogP contribution in [0.15, 0.2) is 0 Å². The number of hydrogen-bond acceptors (Lipinski definition) is 11. The average molecular weight is 683 g/mol. The van der Waals surface area contributed by atoms with Gasteiger partial charge in [0.05, 0.1) is 6.61 Å². The van der Waals surface area contributed by atoms with Gasteiger partial charge in [-0.2, -0.15) is 0 Å². The SMILES string of the molecule is CCCCCOC(OCC)C(OCC)(OCC)C(CCCC(=O)O)(C(=O)O)C(OCC)(OCC)C(OCC)(OCC)OCCCCC. The van der Waals surface area contributed by atoms with Crippen LogP contribution in [0, 0.1) is 5.41 Å². The van der Waals surface area contributed by atoms with Gasteiger partial charge in [0, 0.05) is 59.3 Å². The quantitative estimate of drug-likeness (QED) is 0.0583. The van der Waals surface area contributed by atoms with E-state index >= 15 is 0 Å². The summed E-state index contributed by atoms with van der Waals surface area (Å²) in [6.07, 6.45) is 2.43. The largest absolute Gasteiger partial charge is 0.481 e. The minimum atomic E-state index is -2.49. The molecule has 0 fully saturated rings. The van der Waals surface area contributed by atoms with Crippen LogP contribution in [0.5, 0.6) is 0 Å². The van der Waals surface area contributed by atoms with Crippen molar-refractivity contribution in [3.05, 3.63) is 0 Å². The predicted octanol–water partition coefficient (Wildman–Crippen LogP) is 6.35. The van der Waals surface area contributed by atoms with Gasteiger partial charge < -0.3 is 52.8 Å². The molecular weight excluding hydrogens is 616 g/mol. The van der Waals surface area contributed by atoms with Gasteiger partial charge in [0.1, 0.15) is 0 Å². The molecule has 13 nitrogen and oxygen atoms in total. The molecule has 0 aliphatic heterocycles. The van der Waals surface area contributed by atoms with Crippen LogP contribution in [0.3, 0.4) is 0 Å². The van der Waals surface area contributed by atoms with Crippen LogP contribution in [0.1, 0.15) is 120 Å². The second-order valence-electron chi connectivity index (χ2n) is 10.8. The molecule has 2 atom stereocenters. The molecular formula is C34H66O13. The lowest BCUT2D eigenvalue weighted by Crippen LogP contribution is -2.81. The van der Waals surface area contributed by atoms with Crippen LogP contribution in [-0.2, 0) is 52.2 Å². The van der Waals surface area contributed by atoms with Gasteiger partial charge in [0.2, 0.25) is 12.1 Å². The summed E-state index contributed by atoms with van der Waals surface area (Å²) in [5, 5.41) is 21.5. The molecule has 0 aliphatic rings. The number of ether oxygens (including phenoxy) is 9. The van der Waals surface area contributed by atoms with Crippen LogP contribution < -0.4 is 0 Å². The normalized spacial score (nSPS) is 14.7. The Morgan fingerprint density at radius 3 is 1.45 bits per heavy atom. The van der Waals surface area contributed by atoms with Gasteiger partial charge in [-0.05, 0) is 74.1 Å². The summed E-state index contributed by atoms with van der Waals surface area (Å²) in [6, 6.07) is 0. The highest BCUT2D eigenvalue weighted by atomic mass is 16.9. The van der Waals surface area contributed by atoms with Gasteiger partial charge in [-0.25, -0.2) is 0 Å². The van der Waals surface area contributed by atoms with Gasteiger partial charge in [-0.3, -0.25) is 9.59 Å². The van der Waals surface area contributed by atoms with Crippen molar-refractivity contribution in [2.45, 2.75) is 144 Å². The molecule has 0 rings (SSSR count). The summed E-state index contributed by atoms with van der Waals surface area (Å²) in [6.45, 7) is 16.2. The minimum absolute atomic E-state index is 0.0131. The molecule has 0 bridgehead atoms. The Hall–Kier alpha value is -1.42. The molecule has 0 aromatic heterocycles. The zero-order valence-electron chi connectivity index (χ0n) is 30.7. The first-order valence-electron chi connectivity index (χ1n) is 17.7. The van der Waals surface area contributed by atoms with Gasteiger partial charge in [-0.15, -0.1) is 0 Å². The van der Waals surface area contributed by atoms with E-state index in [-0.39, 0.29) is 72.3 Å². The second kappa shape index (κ2) is 24.7. The van der Waals surface area contributed by atoms with E-state index in [1.807, 2.05) is 6.92 Å². The van der Waals surface area contributed by atoms with Gasteiger partial charge in [0.25, 0.3) is 5.79 Å². The van der Waals surface area contributed by atoms with Crippen LogP contribution in [0.2, 0.25) is 0 Å². The Morgan fingerprint density at radius 2 is 1.04 bits per heavy atom. The van der Waals surface area contributed by atoms with E-state index in [0.29, 0.717) is 12.8 Å². The third kappa shape index (κ3) is 11.3. The van der Waals surface area contributed by atoms with Crippen LogP contribution >= 0.6 is 0 Å². The molecule has 0 aromatic carbocycles. The number of carbonyl (C=O) groups is 2. The summed E-state index contributed by atoms with van der Waals surface area (Å²) in [5.41, 5.74) is -2.49. The number of aliphatic carboxylic acids is 2. The maximum Gasteiger partial charge on any atom is 0.342 e. The summed E-state index contributed by atoms with van der Waals surface area (Å²) in [4.78, 5) is 26.4. The summed E-state index contributed by atoms with van der Waals surface area (Å²) >= 11 is 0. The molecule has 0 heterocycles. The molecule has 0 saturated carbocycles. The second-order valence-corrected chi connectivity index (χ2v) is 10.8. The van der Waals surface area contributed by atoms with Crippen LogP contribution in [-0.4, -0.2) is 105 Å². The number of unbranched alkanes of at least 4 members (excludes halogenated alkanes) is 4. The number of carboxylic acids is 2. The summed E-state index contributed by atoms with van der Waals surface area (Å²) in [7, 11) is 0. The lowest BCUT2D eigenvalue weighted by Gasteiger charge is -2.60. The van der Waals surface area contributed by atoms with E-state index in [0.717, 1.165) is 25.7 Å². The standard InChI is InChI=1S/C34H66O13/c1-10-19-21-26-40-30(39-12-3)32(41-13-4,42-14-5)31(29(37)38,25-23-24-28(35)36)33(43-15-6,44-16-7)34(45-17-8,46-18-9)47-27-22-20-11-2/h30H,10-27H2,1-9H3,(H,35,36)(H,37,38). The van der Waals surface area contributed by atoms with Crippen molar-refractivity contribution >= 4 is 11.9 Å². The van der Waals surface area contributed by atoms with Crippen molar-refractivity contribution < 1.29 is 62.4 Å². The third-order valence-electron chi connectivity index (χ3n) is 7.63. The molecule has 47 heavy (non-hydrogen) atoms. The first kappa shape index (κ1) is 45.6. The molecule has 0 saturated heterocycles. The first-order valence-corrected chi connectivity index (χ1v) is 17.7. The maximum absolute atomic E-state index is 14.5. The van der Waals surface area contributed by atoms with E-state index in [9.17, 15) is 19.8 Å². The highest BCUT2D eigenvalue weighted by Crippen LogP contribution is 2.59. The van der Waals surface area contributed by atoms with E-state index in [1.165, 1.54) is 0 Å². The molecule has 0 radical (unpaired) electrons. The smallest absolute Gasteiger partial charge is 0.342 e. The first-order chi connectivity index (χ1) is 22.6. The third-order valence-corrected chi connectivity index (χ3v) is 7.63. The van der Waals surface area contributed by atoms with Crippen molar-refractivity contribution in [3.8, 4) is 0 Å². The molecule has 280 valence electrons. The molecule has 0 aromatic rings. The minimum Gasteiger partial charge on any atom is -0.481 e. The van der Waals surface area contributed by atoms with Gasteiger partial charge >= 0.3 is 17.9 Å². The molecule has 0 spiro atoms. The van der Waals surface area contributed by atoms with E-state index in [4.69, 9.17) is 42.6 Å². The fourth-order valence-electron chi connectivity index (χ4n) is 5.97. The molecule has 0 amide bonds. The van der Waals surface area contributed by atoms with E-state index < -0.39 is 47.6 Å². The van der Waals surface area contributed by atoms with Gasteiger partial charge in [0.15, 0.2) is 5.41 Å². The van der Waals surface area contributed by atoms with Crippen molar-refractivity contribution in [1.82, 2.24) is 0 Å². The van der Waals surface area contributed by atoms with Crippen LogP contribution in [0.25, 0.3) is 0 Å². The zero-order valence-corrected chi connectivity index (χ0v) is 30.7. The van der Waals surface area contributed by atoms with E-state index in [1.54, 1.807) is 48.5 Å². The Morgan fingerprint density at radius 1 is 0.553 bits per heavy atom. The highest BCUT2D eigenvalue weighted by molar-refractivity contribution is 5.78. The van der Waals surface area contributed by atoms with Crippen molar-refractivity contribution in [2.75, 3.05) is 59.5 Å². The predicted molar refractivity (Wildman–Crippen MR) is 176 cm³/mol. The topological polar surface area (TPSA) is 158 Å². The number of carboxylic acid groups (broad SMARTS) is 2. The Labute approximate surface area is 283 Å². The van der Waals surface area contributed by atoms with Gasteiger partial charge in [-0.1, -0.05) is 39.5 Å². The molecule has 0 aliphatic carbocycles. The Balaban J connectivity index is 8.53. The Bertz CT molecular complexity index is 806. The van der Waals surface area contributed by atoms with Crippen LogP contribution in [0.4, 0.5) is 0 Å². The molecule has 2 unspecified atom stereocenters. The average Bonchev–Trinajstić information content (AvgIpc) is 3.02. The van der Waals surface area contributed by atoms with Crippen molar-refractivity contribution in [1.29, 1.82) is 0 Å². The highest BCUT2D eigenvalue weighted by Gasteiger charge is 2.82. The lowest BCUT2D eigenvalue weighted by atomic mass is 9.65. The van der Waals surface area contributed by atoms with E-state index in [2.05, 4.69) is 6.92 Å². The number of hydrogen-bond donors (Lipinski definition) is 2. The number of rotatable bonds is 33. The zero-order chi connectivity index (χ0) is 35.8. The van der Waals surface area contributed by atoms with Crippen molar-refractivity contribution in [3.63, 3.8) is 0 Å². The monoisotopic (exact) mass is 682 g/mol. The summed E-state index contributed by atoms with van der Waals surface area (Å²) < 4.78 is 57.8. The molecule has 13 heteroatoms. The maximum atomic E-state index is 14.5. The molecule has 2 N–H and O–H groups in total. The Kier molecular flexibility index (Phi) is 23.9. The lowest BCUT2D eigenvalue weighted by molar-refractivity contribution is -0.543. The van der Waals surface area contributed by atoms with Crippen molar-refractivity contribution in [2.24, 2.45) is 5.41 Å².